The minimum Gasteiger partial charge on any atom is -0.473 e. The zero-order valence-electron chi connectivity index (χ0n) is 25.6. The Morgan fingerprint density at radius 2 is 1.87 bits per heavy atom. The predicted molar refractivity (Wildman–Crippen MR) is 160 cm³/mol. The van der Waals surface area contributed by atoms with Gasteiger partial charge in [0.05, 0.1) is 43.0 Å². The molecule has 0 amide bonds. The number of rotatable bonds is 9. The molecule has 1 unspecified atom stereocenters. The van der Waals surface area contributed by atoms with Crippen molar-refractivity contribution in [2.24, 2.45) is 0 Å². The molecule has 5 heterocycles. The molecule has 0 radical (unpaired) electrons. The number of hydrogen-bond acceptors (Lipinski definition) is 10. The van der Waals surface area contributed by atoms with E-state index in [1.165, 1.54) is 19.2 Å². The van der Waals surface area contributed by atoms with E-state index < -0.39 is 23.5 Å². The van der Waals surface area contributed by atoms with Crippen LogP contribution in [0.4, 0.5) is 23.4 Å². The van der Waals surface area contributed by atoms with Gasteiger partial charge in [-0.15, -0.1) is 0 Å². The lowest BCUT2D eigenvalue weighted by atomic mass is 10.1. The van der Waals surface area contributed by atoms with Crippen LogP contribution in [0, 0.1) is 17.1 Å². The fourth-order valence-corrected chi connectivity index (χ4v) is 5.65. The molecule has 0 aliphatic carbocycles. The normalized spacial score (nSPS) is 17.6. The monoisotopic (exact) mass is 653 g/mol. The molecule has 11 nitrogen and oxygen atoms in total. The number of ether oxygens (including phenoxy) is 3. The zero-order valence-corrected chi connectivity index (χ0v) is 25.6. The first kappa shape index (κ1) is 32.1. The first-order valence-electron chi connectivity index (χ1n) is 15.0. The third-order valence-corrected chi connectivity index (χ3v) is 8.43. The molecular weight excluding hydrogens is 622 g/mol. The van der Waals surface area contributed by atoms with Crippen LogP contribution >= 0.6 is 0 Å². The maximum Gasteiger partial charge on any atom is 0.416 e. The number of nitrogens with zero attached hydrogens (tertiary/aromatic N) is 7. The number of nitriles is 1. The molecule has 4 aromatic rings. The fraction of sp³-hybridized carbons (Fsp3) is 0.406. The fourth-order valence-electron chi connectivity index (χ4n) is 5.65. The number of benzene rings is 1. The van der Waals surface area contributed by atoms with Crippen molar-refractivity contribution in [1.82, 2.24) is 24.4 Å². The summed E-state index contributed by atoms with van der Waals surface area (Å²) >= 11 is 0. The lowest BCUT2D eigenvalue weighted by molar-refractivity contribution is -0.137. The first-order valence-corrected chi connectivity index (χ1v) is 15.0. The number of hydrogen-bond donors (Lipinski definition) is 0. The Hall–Kier alpha value is -4.81. The summed E-state index contributed by atoms with van der Waals surface area (Å²) < 4.78 is 74.0. The van der Waals surface area contributed by atoms with E-state index in [1.54, 1.807) is 17.0 Å². The molecule has 47 heavy (non-hydrogen) atoms. The lowest BCUT2D eigenvalue weighted by Gasteiger charge is -2.38. The van der Waals surface area contributed by atoms with Crippen LogP contribution in [0.3, 0.4) is 0 Å². The third-order valence-electron chi connectivity index (χ3n) is 8.43. The molecule has 2 saturated heterocycles. The highest BCUT2D eigenvalue weighted by molar-refractivity contribution is 5.89. The summed E-state index contributed by atoms with van der Waals surface area (Å²) in [6.07, 6.45) is -3.77. The summed E-state index contributed by atoms with van der Waals surface area (Å²) in [5.41, 5.74) is 0.610. The average molecular weight is 654 g/mol. The molecule has 2 aliphatic rings. The highest BCUT2D eigenvalue weighted by Gasteiger charge is 2.34. The molecular formula is C32H31F4N7O4. The van der Waals surface area contributed by atoms with Crippen LogP contribution in [0.5, 0.6) is 5.88 Å². The van der Waals surface area contributed by atoms with Crippen LogP contribution in [0.2, 0.25) is 0 Å². The van der Waals surface area contributed by atoms with Gasteiger partial charge >= 0.3 is 12.1 Å². The topological polar surface area (TPSA) is 119 Å². The SMILES string of the molecule is COC(=O)c1ccc2nc(C(C)N3CCN(c4cc(C(F)(F)F)cc(OCc5ccc(C#N)cc5F)n4)CC3)n(C[C@@H]3CCO3)c2n1. The molecule has 2 atom stereocenters. The number of alkyl halides is 3. The number of carbonyl (C=O) groups is 1. The van der Waals surface area contributed by atoms with Crippen LogP contribution in [0.1, 0.15) is 52.4 Å². The molecule has 1 aromatic carbocycles. The van der Waals surface area contributed by atoms with Crippen molar-refractivity contribution in [1.29, 1.82) is 5.26 Å². The van der Waals surface area contributed by atoms with E-state index >= 15 is 0 Å². The number of anilines is 1. The average Bonchev–Trinajstić information content (AvgIpc) is 3.42. The predicted octanol–water partition coefficient (Wildman–Crippen LogP) is 4.89. The Bertz CT molecular complexity index is 1830. The van der Waals surface area contributed by atoms with E-state index in [-0.39, 0.29) is 47.3 Å². The van der Waals surface area contributed by atoms with Crippen LogP contribution < -0.4 is 9.64 Å². The van der Waals surface area contributed by atoms with E-state index in [0.717, 1.165) is 30.4 Å². The molecule has 2 aliphatic heterocycles. The van der Waals surface area contributed by atoms with Gasteiger partial charge in [0.1, 0.15) is 29.6 Å². The number of aromatic nitrogens is 4. The number of piperazine rings is 1. The highest BCUT2D eigenvalue weighted by atomic mass is 19.4. The van der Waals surface area contributed by atoms with Gasteiger partial charge in [0.2, 0.25) is 5.88 Å². The number of fused-ring (bicyclic) bond motifs is 1. The maximum atomic E-state index is 14.4. The number of carbonyl (C=O) groups excluding carboxylic acids is 1. The second kappa shape index (κ2) is 13.1. The number of methoxy groups -OCH3 is 1. The Morgan fingerprint density at radius 1 is 1.11 bits per heavy atom. The van der Waals surface area contributed by atoms with E-state index in [1.807, 2.05) is 17.6 Å². The minimum atomic E-state index is -4.66. The second-order valence-electron chi connectivity index (χ2n) is 11.3. The van der Waals surface area contributed by atoms with Gasteiger partial charge < -0.3 is 23.7 Å². The highest BCUT2D eigenvalue weighted by Crippen LogP contribution is 2.35. The quantitative estimate of drug-likeness (QED) is 0.183. The Labute approximate surface area is 267 Å². The zero-order chi connectivity index (χ0) is 33.3. The number of pyridine rings is 2. The molecule has 0 spiro atoms. The summed E-state index contributed by atoms with van der Waals surface area (Å²) in [7, 11) is 1.29. The van der Waals surface area contributed by atoms with Crippen LogP contribution in [-0.2, 0) is 28.8 Å². The van der Waals surface area contributed by atoms with Gasteiger partial charge in [-0.2, -0.15) is 23.4 Å². The smallest absolute Gasteiger partial charge is 0.416 e. The summed E-state index contributed by atoms with van der Waals surface area (Å²) in [6, 6.07) is 10.5. The lowest BCUT2D eigenvalue weighted by Crippen LogP contribution is -2.48. The summed E-state index contributed by atoms with van der Waals surface area (Å²) in [6.45, 7) is 4.57. The van der Waals surface area contributed by atoms with Gasteiger partial charge in [0.25, 0.3) is 0 Å². The molecule has 246 valence electrons. The number of imidazole rings is 1. The van der Waals surface area contributed by atoms with Crippen molar-refractivity contribution in [2.75, 3.05) is 44.8 Å². The largest absolute Gasteiger partial charge is 0.473 e. The first-order chi connectivity index (χ1) is 22.5. The van der Waals surface area contributed by atoms with Crippen molar-refractivity contribution in [3.05, 3.63) is 76.5 Å². The van der Waals surface area contributed by atoms with Crippen LogP contribution in [0.15, 0.2) is 42.5 Å². The molecule has 0 bridgehead atoms. The summed E-state index contributed by atoms with van der Waals surface area (Å²) in [4.78, 5) is 29.8. The summed E-state index contributed by atoms with van der Waals surface area (Å²) in [5, 5.41) is 8.95. The van der Waals surface area contributed by atoms with Gasteiger partial charge in [-0.1, -0.05) is 6.07 Å². The number of esters is 1. The van der Waals surface area contributed by atoms with E-state index in [0.29, 0.717) is 50.5 Å². The molecule has 3 aromatic heterocycles. The van der Waals surface area contributed by atoms with Crippen molar-refractivity contribution in [3.63, 3.8) is 0 Å². The molecule has 2 fully saturated rings. The Kier molecular flexibility index (Phi) is 8.98. The van der Waals surface area contributed by atoms with E-state index in [2.05, 4.69) is 14.9 Å². The van der Waals surface area contributed by atoms with E-state index in [4.69, 9.17) is 24.5 Å². The van der Waals surface area contributed by atoms with Gasteiger partial charge in [0.15, 0.2) is 11.3 Å². The molecule has 15 heteroatoms. The number of halogens is 4. The van der Waals surface area contributed by atoms with Crippen molar-refractivity contribution >= 4 is 23.0 Å². The standard InChI is InChI=1S/C32H31F4N7O4/c1-19(29-38-25-5-6-26(31(44)45-2)39-30(25)43(29)17-23-7-12-46-23)41-8-10-42(11-9-41)27-14-22(32(34,35)36)15-28(40-27)47-18-21-4-3-20(16-37)13-24(21)33/h3-6,13-15,19,23H,7-12,17-18H2,1-2H3/t19?,23-/m0/s1. The van der Waals surface area contributed by atoms with Crippen LogP contribution in [-0.4, -0.2) is 76.4 Å². The molecule has 6 rings (SSSR count). The van der Waals surface area contributed by atoms with E-state index in [9.17, 15) is 22.4 Å². The van der Waals surface area contributed by atoms with Gasteiger partial charge in [-0.05, 0) is 43.7 Å². The van der Waals surface area contributed by atoms with Crippen LogP contribution in [0.25, 0.3) is 11.2 Å². The van der Waals surface area contributed by atoms with Gasteiger partial charge in [0, 0.05) is 44.4 Å². The van der Waals surface area contributed by atoms with Crippen molar-refractivity contribution in [2.45, 2.75) is 44.8 Å². The van der Waals surface area contributed by atoms with Gasteiger partial charge in [-0.3, -0.25) is 4.90 Å². The van der Waals surface area contributed by atoms with Gasteiger partial charge in [-0.25, -0.2) is 19.2 Å². The molecule has 0 N–H and O–H groups in total. The third kappa shape index (κ3) is 6.84. The maximum absolute atomic E-state index is 14.4. The molecule has 0 saturated carbocycles. The Morgan fingerprint density at radius 3 is 2.51 bits per heavy atom. The second-order valence-corrected chi connectivity index (χ2v) is 11.3. The van der Waals surface area contributed by atoms with Crippen molar-refractivity contribution < 1.29 is 36.6 Å². The summed E-state index contributed by atoms with van der Waals surface area (Å²) in [5.74, 6) is -0.712. The minimum absolute atomic E-state index is 0.00409. The van der Waals surface area contributed by atoms with Crippen molar-refractivity contribution in [3.8, 4) is 11.9 Å². The Balaban J connectivity index is 1.20.